The maximum atomic E-state index is 8.87. The Bertz CT molecular complexity index is 634. The van der Waals surface area contributed by atoms with Gasteiger partial charge in [-0.25, -0.2) is 4.98 Å². The molecule has 3 N–H and O–H groups in total. The molecule has 0 unspecified atom stereocenters. The maximum absolute atomic E-state index is 8.87. The zero-order valence-corrected chi connectivity index (χ0v) is 13.5. The highest BCUT2D eigenvalue weighted by Crippen LogP contribution is 2.35. The van der Waals surface area contributed by atoms with Crippen LogP contribution in [0.2, 0.25) is 0 Å². The first kappa shape index (κ1) is 14.4. The highest BCUT2D eigenvalue weighted by molar-refractivity contribution is 9.10. The quantitative estimate of drug-likeness (QED) is 0.354. The van der Waals surface area contributed by atoms with Crippen molar-refractivity contribution < 1.29 is 5.21 Å². The number of rotatable bonds is 3. The van der Waals surface area contributed by atoms with Crippen molar-refractivity contribution in [3.8, 4) is 0 Å². The second-order valence-electron chi connectivity index (χ2n) is 3.49. The Labute approximate surface area is 131 Å². The van der Waals surface area contributed by atoms with E-state index in [1.54, 1.807) is 6.20 Å². The molecule has 2 aromatic rings. The predicted octanol–water partition coefficient (Wildman–Crippen LogP) is 3.85. The highest BCUT2D eigenvalue weighted by Gasteiger charge is 2.14. The van der Waals surface area contributed by atoms with Crippen molar-refractivity contribution in [2.24, 2.45) is 10.9 Å². The van der Waals surface area contributed by atoms with Gasteiger partial charge in [-0.05, 0) is 56.1 Å². The summed E-state index contributed by atoms with van der Waals surface area (Å²) in [5.41, 5.74) is 6.36. The van der Waals surface area contributed by atoms with Gasteiger partial charge in [0.15, 0.2) is 5.84 Å². The minimum atomic E-state index is 0.0574. The Balaban J connectivity index is 2.47. The number of hydrogen-bond donors (Lipinski definition) is 2. The number of hydrogen-bond acceptors (Lipinski definition) is 4. The van der Waals surface area contributed by atoms with Crippen molar-refractivity contribution in [1.82, 2.24) is 4.98 Å². The van der Waals surface area contributed by atoms with Crippen molar-refractivity contribution in [1.29, 1.82) is 0 Å². The average Bonchev–Trinajstić information content (AvgIpc) is 2.41. The molecule has 0 aliphatic heterocycles. The summed E-state index contributed by atoms with van der Waals surface area (Å²) in [5, 5.41) is 12.7. The lowest BCUT2D eigenvalue weighted by atomic mass is 10.2. The number of pyridine rings is 1. The summed E-state index contributed by atoms with van der Waals surface area (Å²) in [6, 6.07) is 9.38. The van der Waals surface area contributed by atoms with Crippen LogP contribution in [0, 0.1) is 0 Å². The largest absolute Gasteiger partial charge is 0.409 e. The van der Waals surface area contributed by atoms with Gasteiger partial charge in [-0.15, -0.1) is 0 Å². The van der Waals surface area contributed by atoms with Gasteiger partial charge in [0.2, 0.25) is 0 Å². The molecule has 7 heteroatoms. The smallest absolute Gasteiger partial charge is 0.172 e. The average molecular weight is 403 g/mol. The summed E-state index contributed by atoms with van der Waals surface area (Å²) in [7, 11) is 0. The number of aromatic nitrogens is 1. The van der Waals surface area contributed by atoms with Crippen molar-refractivity contribution in [2.45, 2.75) is 9.92 Å². The Hall–Kier alpha value is -1.05. The Morgan fingerprint density at radius 2 is 1.95 bits per heavy atom. The van der Waals surface area contributed by atoms with Crippen molar-refractivity contribution in [3.05, 3.63) is 51.0 Å². The van der Waals surface area contributed by atoms with Gasteiger partial charge in [-0.3, -0.25) is 0 Å². The van der Waals surface area contributed by atoms with E-state index in [0.717, 1.165) is 18.9 Å². The van der Waals surface area contributed by atoms with Crippen LogP contribution in [0.25, 0.3) is 0 Å². The Morgan fingerprint density at radius 1 is 1.21 bits per heavy atom. The molecule has 0 saturated heterocycles. The third-order valence-electron chi connectivity index (χ3n) is 2.27. The predicted molar refractivity (Wildman–Crippen MR) is 82.7 cm³/mol. The lowest BCUT2D eigenvalue weighted by Crippen LogP contribution is -2.15. The molecule has 0 spiro atoms. The molecular weight excluding hydrogens is 394 g/mol. The van der Waals surface area contributed by atoms with Gasteiger partial charge in [0.05, 0.1) is 4.47 Å². The summed E-state index contributed by atoms with van der Waals surface area (Å²) >= 11 is 8.29. The van der Waals surface area contributed by atoms with Gasteiger partial charge < -0.3 is 10.9 Å². The molecular formula is C12H9Br2N3OS. The zero-order chi connectivity index (χ0) is 13.8. The van der Waals surface area contributed by atoms with Gasteiger partial charge in [0, 0.05) is 21.1 Å². The first-order valence-corrected chi connectivity index (χ1v) is 7.58. The minimum Gasteiger partial charge on any atom is -0.409 e. The van der Waals surface area contributed by atoms with Gasteiger partial charge in [-0.2, -0.15) is 0 Å². The van der Waals surface area contributed by atoms with E-state index in [9.17, 15) is 0 Å². The second kappa shape index (κ2) is 6.40. The van der Waals surface area contributed by atoms with Gasteiger partial charge in [-0.1, -0.05) is 23.0 Å². The van der Waals surface area contributed by atoms with Gasteiger partial charge in [0.25, 0.3) is 0 Å². The lowest BCUT2D eigenvalue weighted by molar-refractivity contribution is 0.318. The topological polar surface area (TPSA) is 71.5 Å². The SMILES string of the molecule is N/C(=N/O)c1c(Br)cccc1Sc1ncccc1Br. The van der Waals surface area contributed by atoms with E-state index in [1.807, 2.05) is 30.3 Å². The van der Waals surface area contributed by atoms with E-state index in [2.05, 4.69) is 42.0 Å². The van der Waals surface area contributed by atoms with Crippen LogP contribution in [0.4, 0.5) is 0 Å². The van der Waals surface area contributed by atoms with E-state index in [4.69, 9.17) is 10.9 Å². The summed E-state index contributed by atoms with van der Waals surface area (Å²) in [6.07, 6.45) is 1.72. The number of oxime groups is 1. The lowest BCUT2D eigenvalue weighted by Gasteiger charge is -2.10. The number of halogens is 2. The molecule has 0 fully saturated rings. The van der Waals surface area contributed by atoms with E-state index >= 15 is 0 Å². The Morgan fingerprint density at radius 3 is 2.63 bits per heavy atom. The number of amidine groups is 1. The van der Waals surface area contributed by atoms with Crippen LogP contribution in [-0.4, -0.2) is 16.0 Å². The van der Waals surface area contributed by atoms with Crippen LogP contribution >= 0.6 is 43.6 Å². The minimum absolute atomic E-state index is 0.0574. The second-order valence-corrected chi connectivity index (χ2v) is 6.23. The third kappa shape index (κ3) is 3.29. The molecule has 2 rings (SSSR count). The van der Waals surface area contributed by atoms with E-state index in [0.29, 0.717) is 5.56 Å². The molecule has 0 atom stereocenters. The van der Waals surface area contributed by atoms with Gasteiger partial charge in [0.1, 0.15) is 5.03 Å². The first-order valence-electron chi connectivity index (χ1n) is 5.18. The fourth-order valence-corrected chi connectivity index (χ4v) is 3.59. The van der Waals surface area contributed by atoms with E-state index in [-0.39, 0.29) is 5.84 Å². The standard InChI is InChI=1S/C12H9Br2N3OS/c13-7-3-1-5-9(10(7)11(15)17-18)19-12-8(14)4-2-6-16-12/h1-6,18H,(H2,15,17). The maximum Gasteiger partial charge on any atom is 0.172 e. The van der Waals surface area contributed by atoms with Crippen molar-refractivity contribution in [2.75, 3.05) is 0 Å². The molecule has 0 aliphatic rings. The van der Waals surface area contributed by atoms with Crippen LogP contribution in [0.15, 0.2) is 60.6 Å². The van der Waals surface area contributed by atoms with Crippen LogP contribution < -0.4 is 5.73 Å². The molecule has 19 heavy (non-hydrogen) atoms. The molecule has 0 bridgehead atoms. The zero-order valence-electron chi connectivity index (χ0n) is 9.55. The van der Waals surface area contributed by atoms with Crippen LogP contribution in [-0.2, 0) is 0 Å². The fraction of sp³-hybridized carbons (Fsp3) is 0. The summed E-state index contributed by atoms with van der Waals surface area (Å²) in [6.45, 7) is 0. The van der Waals surface area contributed by atoms with Crippen molar-refractivity contribution >= 4 is 49.5 Å². The monoisotopic (exact) mass is 401 g/mol. The fourth-order valence-electron chi connectivity index (χ4n) is 1.44. The summed E-state index contributed by atoms with van der Waals surface area (Å²) < 4.78 is 1.66. The molecule has 1 heterocycles. The highest BCUT2D eigenvalue weighted by atomic mass is 79.9. The number of nitrogens with two attached hydrogens (primary N) is 1. The molecule has 0 saturated carbocycles. The van der Waals surface area contributed by atoms with E-state index in [1.165, 1.54) is 11.8 Å². The number of benzene rings is 1. The number of nitrogens with zero attached hydrogens (tertiary/aromatic N) is 2. The summed E-state index contributed by atoms with van der Waals surface area (Å²) in [5.74, 6) is 0.0574. The molecule has 0 aliphatic carbocycles. The molecule has 1 aromatic heterocycles. The molecule has 4 nitrogen and oxygen atoms in total. The van der Waals surface area contributed by atoms with Gasteiger partial charge >= 0.3 is 0 Å². The van der Waals surface area contributed by atoms with Crippen molar-refractivity contribution in [3.63, 3.8) is 0 Å². The van der Waals surface area contributed by atoms with Crippen LogP contribution in [0.3, 0.4) is 0 Å². The van der Waals surface area contributed by atoms with Crippen LogP contribution in [0.1, 0.15) is 5.56 Å². The normalized spacial score (nSPS) is 11.6. The molecule has 0 amide bonds. The Kier molecular flexibility index (Phi) is 4.84. The van der Waals surface area contributed by atoms with Crippen LogP contribution in [0.5, 0.6) is 0 Å². The molecule has 0 radical (unpaired) electrons. The third-order valence-corrected chi connectivity index (χ3v) is 4.91. The first-order chi connectivity index (χ1) is 9.13. The molecule has 98 valence electrons. The molecule has 1 aromatic carbocycles. The van der Waals surface area contributed by atoms with E-state index < -0.39 is 0 Å². The summed E-state index contributed by atoms with van der Waals surface area (Å²) in [4.78, 5) is 5.14.